The van der Waals surface area contributed by atoms with Crippen molar-refractivity contribution in [2.75, 3.05) is 0 Å². The van der Waals surface area contributed by atoms with Gasteiger partial charge in [-0.05, 0) is 12.5 Å². The quantitative estimate of drug-likeness (QED) is 0.661. The summed E-state index contributed by atoms with van der Waals surface area (Å²) in [4.78, 5) is 14.3. The van der Waals surface area contributed by atoms with Gasteiger partial charge in [0.15, 0.2) is 0 Å². The van der Waals surface area contributed by atoms with E-state index in [4.69, 9.17) is 5.11 Å². The monoisotopic (exact) mass is 199 g/mol. The number of nitrogens with zero attached hydrogens (tertiary/aromatic N) is 1. The van der Waals surface area contributed by atoms with E-state index in [2.05, 4.69) is 11.4 Å². The van der Waals surface area contributed by atoms with Crippen molar-refractivity contribution >= 4 is 11.7 Å². The Hall–Kier alpha value is -2.11. The van der Waals surface area contributed by atoms with E-state index in [1.807, 2.05) is 0 Å². The number of allylic oxidation sites excluding steroid dienone is 1. The van der Waals surface area contributed by atoms with Crippen LogP contribution in [0.5, 0.6) is 11.8 Å². The van der Waals surface area contributed by atoms with Gasteiger partial charge in [0.1, 0.15) is 0 Å². The minimum Gasteiger partial charge on any atom is -0.492 e. The summed E-state index contributed by atoms with van der Waals surface area (Å²) < 4.78 is 0.395. The molecule has 76 valence electrons. The molecule has 0 aliphatic carbocycles. The highest BCUT2D eigenvalue weighted by Crippen LogP contribution is 2.30. The number of aromatic nitrogens is 1. The molecule has 0 radical (unpaired) electrons. The third kappa shape index (κ3) is 1.63. The van der Waals surface area contributed by atoms with Gasteiger partial charge in [-0.1, -0.05) is 6.58 Å². The van der Waals surface area contributed by atoms with Crippen molar-refractivity contribution < 1.29 is 25.0 Å². The van der Waals surface area contributed by atoms with Crippen molar-refractivity contribution in [3.63, 3.8) is 0 Å². The summed E-state index contributed by atoms with van der Waals surface area (Å²) in [6, 6.07) is 1.15. The molecule has 0 aliphatic rings. The molecule has 14 heavy (non-hydrogen) atoms. The number of hydrogen-bond acceptors (Lipinski definition) is 4. The van der Waals surface area contributed by atoms with Crippen molar-refractivity contribution in [1.29, 1.82) is 0 Å². The summed E-state index contributed by atoms with van der Waals surface area (Å²) in [5.41, 5.74) is 0.703. The highest BCUT2D eigenvalue weighted by atomic mass is 16.8. The largest absolute Gasteiger partial charge is 0.531 e. The summed E-state index contributed by atoms with van der Waals surface area (Å²) in [6.07, 6.45) is -1.64. The number of carbonyl (C=O) groups is 1. The molecule has 0 atom stereocenters. The van der Waals surface area contributed by atoms with E-state index in [1.165, 1.54) is 0 Å². The number of carboxylic acid groups (broad SMARTS) is 1. The summed E-state index contributed by atoms with van der Waals surface area (Å²) in [5, 5.41) is 26.8. The average molecular weight is 199 g/mol. The lowest BCUT2D eigenvalue weighted by atomic mass is 10.2. The molecule has 0 saturated heterocycles. The van der Waals surface area contributed by atoms with Crippen molar-refractivity contribution in [1.82, 2.24) is 4.73 Å². The Bertz CT molecular complexity index is 393. The first-order chi connectivity index (χ1) is 6.43. The summed E-state index contributed by atoms with van der Waals surface area (Å²) in [5.74, 6) is -1.01. The second kappa shape index (κ2) is 3.33. The van der Waals surface area contributed by atoms with Gasteiger partial charge in [-0.3, -0.25) is 4.84 Å². The molecule has 0 spiro atoms. The van der Waals surface area contributed by atoms with Crippen LogP contribution in [0.1, 0.15) is 12.5 Å². The molecule has 6 heteroatoms. The summed E-state index contributed by atoms with van der Waals surface area (Å²) in [6.45, 7) is 5.13. The minimum absolute atomic E-state index is 0.226. The van der Waals surface area contributed by atoms with Gasteiger partial charge in [0, 0.05) is 11.6 Å². The highest BCUT2D eigenvalue weighted by molar-refractivity contribution is 5.68. The van der Waals surface area contributed by atoms with Gasteiger partial charge in [0.2, 0.25) is 11.8 Å². The van der Waals surface area contributed by atoms with Gasteiger partial charge in [-0.15, -0.1) is 4.73 Å². The molecular formula is C8H9NO5. The molecule has 0 bridgehead atoms. The van der Waals surface area contributed by atoms with Crippen LogP contribution >= 0.6 is 0 Å². The zero-order valence-corrected chi connectivity index (χ0v) is 7.39. The first-order valence-corrected chi connectivity index (χ1v) is 3.64. The van der Waals surface area contributed by atoms with E-state index in [0.717, 1.165) is 6.07 Å². The number of rotatable bonds is 2. The lowest BCUT2D eigenvalue weighted by Crippen LogP contribution is -2.16. The predicted molar refractivity (Wildman–Crippen MR) is 47.1 cm³/mol. The average Bonchev–Trinajstić information content (AvgIpc) is 2.31. The molecule has 1 aromatic rings. The van der Waals surface area contributed by atoms with Crippen LogP contribution in [0.2, 0.25) is 0 Å². The van der Waals surface area contributed by atoms with Crippen LogP contribution in [-0.2, 0) is 0 Å². The molecule has 0 saturated carbocycles. The molecule has 1 aromatic heterocycles. The Morgan fingerprint density at radius 1 is 1.57 bits per heavy atom. The van der Waals surface area contributed by atoms with Gasteiger partial charge in [-0.25, -0.2) is 4.79 Å². The molecule has 1 heterocycles. The Labute approximate surface area is 79.2 Å². The van der Waals surface area contributed by atoms with E-state index >= 15 is 0 Å². The maximum atomic E-state index is 10.2. The zero-order chi connectivity index (χ0) is 10.9. The molecule has 0 aliphatic heterocycles. The lowest BCUT2D eigenvalue weighted by molar-refractivity contribution is 0.0644. The summed E-state index contributed by atoms with van der Waals surface area (Å²) >= 11 is 0. The fraction of sp³-hybridized carbons (Fsp3) is 0.125. The Morgan fingerprint density at radius 3 is 2.50 bits per heavy atom. The van der Waals surface area contributed by atoms with Crippen molar-refractivity contribution in [3.8, 4) is 11.8 Å². The normalized spacial score (nSPS) is 9.79. The second-order valence-corrected chi connectivity index (χ2v) is 2.67. The van der Waals surface area contributed by atoms with E-state index in [-0.39, 0.29) is 5.56 Å². The molecule has 0 aromatic carbocycles. The molecule has 0 unspecified atom stereocenters. The molecular weight excluding hydrogens is 190 g/mol. The third-order valence-corrected chi connectivity index (χ3v) is 1.54. The fourth-order valence-corrected chi connectivity index (χ4v) is 0.952. The van der Waals surface area contributed by atoms with E-state index in [0.29, 0.717) is 10.3 Å². The third-order valence-electron chi connectivity index (χ3n) is 1.54. The standard InChI is InChI=1S/C8H9NO5/c1-4(2)5-3-6(10)9(7(5)11)14-8(12)13/h3,10-11H,1H2,2H3,(H,12,13). The maximum Gasteiger partial charge on any atom is 0.531 e. The van der Waals surface area contributed by atoms with Gasteiger partial charge in [-0.2, -0.15) is 0 Å². The van der Waals surface area contributed by atoms with Crippen molar-refractivity contribution in [2.24, 2.45) is 0 Å². The Morgan fingerprint density at radius 2 is 2.14 bits per heavy atom. The van der Waals surface area contributed by atoms with E-state index < -0.39 is 17.9 Å². The first-order valence-electron chi connectivity index (χ1n) is 3.64. The second-order valence-electron chi connectivity index (χ2n) is 2.67. The predicted octanol–water partition coefficient (Wildman–Crippen LogP) is 1.04. The minimum atomic E-state index is -1.64. The zero-order valence-electron chi connectivity index (χ0n) is 7.39. The topological polar surface area (TPSA) is 91.9 Å². The van der Waals surface area contributed by atoms with Crippen LogP contribution in [-0.4, -0.2) is 26.2 Å². The molecule has 3 N–H and O–H groups in total. The van der Waals surface area contributed by atoms with Crippen LogP contribution < -0.4 is 4.84 Å². The Balaban J connectivity index is 3.17. The fourth-order valence-electron chi connectivity index (χ4n) is 0.952. The van der Waals surface area contributed by atoms with Gasteiger partial charge >= 0.3 is 6.16 Å². The SMILES string of the molecule is C=C(C)c1cc(O)n(OC(=O)O)c1O. The van der Waals surface area contributed by atoms with Crippen molar-refractivity contribution in [3.05, 3.63) is 18.2 Å². The molecule has 1 rings (SSSR count). The lowest BCUT2D eigenvalue weighted by Gasteiger charge is -2.02. The molecule has 0 amide bonds. The van der Waals surface area contributed by atoms with Crippen molar-refractivity contribution in [2.45, 2.75) is 6.92 Å². The van der Waals surface area contributed by atoms with Gasteiger partial charge in [0.05, 0.1) is 0 Å². The number of hydrogen-bond donors (Lipinski definition) is 3. The first kappa shape index (κ1) is 9.97. The van der Waals surface area contributed by atoms with Crippen LogP contribution in [0.25, 0.3) is 5.57 Å². The Kier molecular flexibility index (Phi) is 2.37. The smallest absolute Gasteiger partial charge is 0.492 e. The maximum absolute atomic E-state index is 10.2. The number of aromatic hydroxyl groups is 2. The van der Waals surface area contributed by atoms with Crippen LogP contribution in [0, 0.1) is 0 Å². The van der Waals surface area contributed by atoms with Crippen LogP contribution in [0.4, 0.5) is 4.79 Å². The van der Waals surface area contributed by atoms with E-state index in [9.17, 15) is 15.0 Å². The molecule has 0 fully saturated rings. The highest BCUT2D eigenvalue weighted by Gasteiger charge is 2.17. The summed E-state index contributed by atoms with van der Waals surface area (Å²) in [7, 11) is 0. The van der Waals surface area contributed by atoms with E-state index in [1.54, 1.807) is 6.92 Å². The van der Waals surface area contributed by atoms with Crippen LogP contribution in [0.3, 0.4) is 0 Å². The van der Waals surface area contributed by atoms with Crippen LogP contribution in [0.15, 0.2) is 12.6 Å². The van der Waals surface area contributed by atoms with Gasteiger partial charge in [0.25, 0.3) is 0 Å². The molecule has 6 nitrogen and oxygen atoms in total. The van der Waals surface area contributed by atoms with Gasteiger partial charge < -0.3 is 15.3 Å².